The first-order valence-electron chi connectivity index (χ1n) is 17.1. The fourth-order valence-corrected chi connectivity index (χ4v) is 8.31. The summed E-state index contributed by atoms with van der Waals surface area (Å²) in [7, 11) is 4.42. The number of hydrogen-bond donors (Lipinski definition) is 0. The van der Waals surface area contributed by atoms with Crippen LogP contribution in [0, 0.1) is 0 Å². The lowest BCUT2D eigenvalue weighted by molar-refractivity contribution is -0.401. The summed E-state index contributed by atoms with van der Waals surface area (Å²) in [6.07, 6.45) is 20.3. The number of aryl methyl sites for hydroxylation is 1. The van der Waals surface area contributed by atoms with Gasteiger partial charge >= 0.3 is 0 Å². The Morgan fingerprint density at radius 3 is 2.34 bits per heavy atom. The Hall–Kier alpha value is -3.95. The second-order valence-electron chi connectivity index (χ2n) is 13.9. The molecule has 2 aliphatic heterocycles. The summed E-state index contributed by atoms with van der Waals surface area (Å²) in [6, 6.07) is 26.7. The maximum absolute atomic E-state index is 3.83. The molecular formula is C44H48BrN2+. The average molecular weight is 685 g/mol. The van der Waals surface area contributed by atoms with E-state index in [4.69, 9.17) is 0 Å². The van der Waals surface area contributed by atoms with E-state index < -0.39 is 0 Å². The van der Waals surface area contributed by atoms with Crippen molar-refractivity contribution in [1.29, 1.82) is 0 Å². The molecule has 0 fully saturated rings. The van der Waals surface area contributed by atoms with Crippen LogP contribution in [0.1, 0.15) is 75.3 Å². The molecule has 3 heteroatoms. The summed E-state index contributed by atoms with van der Waals surface area (Å²) >= 11 is 3.83. The van der Waals surface area contributed by atoms with E-state index in [1.165, 1.54) is 67.8 Å². The zero-order valence-electron chi connectivity index (χ0n) is 29.1. The van der Waals surface area contributed by atoms with Crippen LogP contribution in [0.25, 0.3) is 16.8 Å². The number of halogens is 1. The molecule has 4 aromatic rings. The molecule has 7 rings (SSSR count). The molecule has 1 aliphatic carbocycles. The Morgan fingerprint density at radius 2 is 1.60 bits per heavy atom. The standard InChI is InChI=1S/C41H40BrN2.C3H8/c1-40(2)37(43(4)35-24-23-28-15-11-13-19-32(28)39(35)40)21-7-6-8-22-38-41(3,27-31-18-12-14-20-34(31)42)33-25-29-16-9-10-17-30(29)26-36(33)44(38)5;1-3-2/h6-10,12-14,16-26H,11,15,27H2,1-5H3;3H2,1-2H3/q+1;. The topological polar surface area (TPSA) is 6.25 Å². The van der Waals surface area contributed by atoms with Gasteiger partial charge in [-0.15, -0.1) is 0 Å². The highest BCUT2D eigenvalue weighted by Gasteiger charge is 2.45. The summed E-state index contributed by atoms with van der Waals surface area (Å²) < 4.78 is 3.54. The van der Waals surface area contributed by atoms with Crippen molar-refractivity contribution in [3.05, 3.63) is 147 Å². The molecule has 3 aliphatic rings. The molecule has 0 radical (unpaired) electrons. The monoisotopic (exact) mass is 683 g/mol. The van der Waals surface area contributed by atoms with Gasteiger partial charge in [0, 0.05) is 46.0 Å². The molecule has 0 aromatic heterocycles. The SMILES string of the molecule is CCC.CN1/C(=C/C=C/C=C/C2=[N+](C)c3ccc4c(c3C2(C)C)C=CCC4)C(C)(Cc2ccccc2Br)c2cc3ccccc3cc21. The van der Waals surface area contributed by atoms with Crippen molar-refractivity contribution in [1.82, 2.24) is 0 Å². The molecule has 2 heterocycles. The summed E-state index contributed by atoms with van der Waals surface area (Å²) in [6.45, 7) is 11.4. The zero-order chi connectivity index (χ0) is 33.3. The van der Waals surface area contributed by atoms with Gasteiger partial charge in [0.2, 0.25) is 5.69 Å². The number of likely N-dealkylation sites (N-methyl/N-ethyl adjacent to an activating group) is 1. The highest BCUT2D eigenvalue weighted by Crippen LogP contribution is 2.51. The first-order valence-corrected chi connectivity index (χ1v) is 17.9. The molecule has 0 bridgehead atoms. The number of hydrogen-bond acceptors (Lipinski definition) is 1. The lowest BCUT2D eigenvalue weighted by atomic mass is 9.76. The molecule has 1 unspecified atom stereocenters. The molecule has 0 saturated heterocycles. The number of benzene rings is 4. The highest BCUT2D eigenvalue weighted by molar-refractivity contribution is 9.10. The Balaban J connectivity index is 0.00000124. The first-order chi connectivity index (χ1) is 22.6. The zero-order valence-corrected chi connectivity index (χ0v) is 30.7. The van der Waals surface area contributed by atoms with Crippen molar-refractivity contribution in [2.75, 3.05) is 19.0 Å². The number of anilines is 1. The molecule has 240 valence electrons. The molecule has 4 aromatic carbocycles. The van der Waals surface area contributed by atoms with E-state index in [0.29, 0.717) is 0 Å². The summed E-state index contributed by atoms with van der Waals surface area (Å²) in [5.74, 6) is 0. The van der Waals surface area contributed by atoms with Crippen LogP contribution >= 0.6 is 15.9 Å². The molecule has 0 N–H and O–H groups in total. The van der Waals surface area contributed by atoms with E-state index in [9.17, 15) is 0 Å². The normalized spacial score (nSPS) is 20.3. The van der Waals surface area contributed by atoms with Crippen LogP contribution in [0.4, 0.5) is 11.4 Å². The van der Waals surface area contributed by atoms with Crippen molar-refractivity contribution in [2.24, 2.45) is 0 Å². The lowest BCUT2D eigenvalue weighted by Gasteiger charge is -2.29. The quantitative estimate of drug-likeness (QED) is 0.150. The third-order valence-corrected chi connectivity index (χ3v) is 10.9. The largest absolute Gasteiger partial charge is 0.347 e. The Bertz CT molecular complexity index is 1990. The Kier molecular flexibility index (Phi) is 9.31. The Morgan fingerprint density at radius 1 is 0.894 bits per heavy atom. The molecular weight excluding hydrogens is 636 g/mol. The van der Waals surface area contributed by atoms with E-state index in [0.717, 1.165) is 23.7 Å². The second kappa shape index (κ2) is 13.3. The summed E-state index contributed by atoms with van der Waals surface area (Å²) in [4.78, 5) is 2.39. The van der Waals surface area contributed by atoms with Crippen molar-refractivity contribution in [2.45, 2.75) is 71.1 Å². The lowest BCUT2D eigenvalue weighted by Crippen LogP contribution is -2.28. The van der Waals surface area contributed by atoms with Crippen LogP contribution in [0.2, 0.25) is 0 Å². The van der Waals surface area contributed by atoms with Gasteiger partial charge in [-0.2, -0.15) is 4.58 Å². The van der Waals surface area contributed by atoms with E-state index in [-0.39, 0.29) is 10.8 Å². The van der Waals surface area contributed by atoms with Crippen molar-refractivity contribution >= 4 is 49.9 Å². The van der Waals surface area contributed by atoms with Gasteiger partial charge in [0.05, 0.1) is 5.41 Å². The van der Waals surface area contributed by atoms with Crippen LogP contribution in [-0.4, -0.2) is 24.4 Å². The smallest absolute Gasteiger partial charge is 0.210 e. The van der Waals surface area contributed by atoms with Gasteiger partial charge < -0.3 is 4.90 Å². The average Bonchev–Trinajstić information content (AvgIpc) is 3.39. The van der Waals surface area contributed by atoms with Gasteiger partial charge in [0.15, 0.2) is 5.71 Å². The van der Waals surface area contributed by atoms with Crippen LogP contribution in [-0.2, 0) is 23.7 Å². The van der Waals surface area contributed by atoms with Crippen molar-refractivity contribution in [3.63, 3.8) is 0 Å². The number of rotatable bonds is 5. The Labute approximate surface area is 290 Å². The summed E-state index contributed by atoms with van der Waals surface area (Å²) in [5.41, 5.74) is 12.1. The molecule has 0 spiro atoms. The van der Waals surface area contributed by atoms with Crippen LogP contribution in [0.3, 0.4) is 0 Å². The van der Waals surface area contributed by atoms with Crippen LogP contribution < -0.4 is 4.90 Å². The minimum absolute atomic E-state index is 0.0587. The number of fused-ring (bicyclic) bond motifs is 5. The third-order valence-electron chi connectivity index (χ3n) is 10.1. The predicted molar refractivity (Wildman–Crippen MR) is 208 cm³/mol. The van der Waals surface area contributed by atoms with Gasteiger partial charge in [0.1, 0.15) is 7.05 Å². The fraction of sp³-hybridized carbons (Fsp3) is 0.295. The first kappa shape index (κ1) is 33.0. The third kappa shape index (κ3) is 5.89. The van der Waals surface area contributed by atoms with E-state index in [1.54, 1.807) is 0 Å². The van der Waals surface area contributed by atoms with Crippen molar-refractivity contribution in [3.8, 4) is 0 Å². The molecule has 2 nitrogen and oxygen atoms in total. The maximum Gasteiger partial charge on any atom is 0.210 e. The van der Waals surface area contributed by atoms with Gasteiger partial charge in [-0.3, -0.25) is 0 Å². The van der Waals surface area contributed by atoms with E-state index in [2.05, 4.69) is 189 Å². The highest BCUT2D eigenvalue weighted by atomic mass is 79.9. The second-order valence-corrected chi connectivity index (χ2v) is 14.8. The van der Waals surface area contributed by atoms with Gasteiger partial charge in [-0.05, 0) is 97.3 Å². The van der Waals surface area contributed by atoms with Crippen molar-refractivity contribution < 1.29 is 4.58 Å². The fourth-order valence-electron chi connectivity index (χ4n) is 7.88. The van der Waals surface area contributed by atoms with Crippen LogP contribution in [0.5, 0.6) is 0 Å². The molecule has 0 saturated carbocycles. The minimum atomic E-state index is -0.178. The maximum atomic E-state index is 3.83. The van der Waals surface area contributed by atoms with E-state index >= 15 is 0 Å². The number of nitrogens with zero attached hydrogens (tertiary/aromatic N) is 2. The number of allylic oxidation sites excluding steroid dienone is 7. The van der Waals surface area contributed by atoms with Crippen LogP contribution in [0.15, 0.2) is 119 Å². The van der Waals surface area contributed by atoms with Gasteiger partial charge in [-0.25, -0.2) is 0 Å². The molecule has 0 amide bonds. The summed E-state index contributed by atoms with van der Waals surface area (Å²) in [5, 5.41) is 2.56. The van der Waals surface area contributed by atoms with E-state index in [1.807, 2.05) is 0 Å². The predicted octanol–water partition coefficient (Wildman–Crippen LogP) is 11.6. The molecule has 47 heavy (non-hydrogen) atoms. The minimum Gasteiger partial charge on any atom is -0.347 e. The van der Waals surface area contributed by atoms with Gasteiger partial charge in [0.25, 0.3) is 0 Å². The van der Waals surface area contributed by atoms with Gasteiger partial charge in [-0.1, -0.05) is 115 Å². The molecule has 1 atom stereocenters.